The van der Waals surface area contributed by atoms with Gasteiger partial charge in [0.05, 0.1) is 17.6 Å². The Hall–Kier alpha value is -0.784. The standard InChI is InChI=1S/C17H16N3.K/c1-13(2)17-12-20(19-18-17)16-10-8-15(9-11-16)14-6-4-3-5-7-14;/h4-13H,1-2H3;/q-1;+1. The summed E-state index contributed by atoms with van der Waals surface area (Å²) < 4.78 is 1.82. The maximum Gasteiger partial charge on any atom is 1.00 e. The van der Waals surface area contributed by atoms with E-state index >= 15 is 0 Å². The zero-order valence-corrected chi connectivity index (χ0v) is 15.7. The Balaban J connectivity index is 0.00000161. The van der Waals surface area contributed by atoms with E-state index in [9.17, 15) is 0 Å². The predicted octanol–water partition coefficient (Wildman–Crippen LogP) is 0.862. The Labute approximate surface area is 167 Å². The molecule has 0 atom stereocenters. The molecule has 2 aromatic carbocycles. The Kier molecular flexibility index (Phi) is 5.90. The zero-order valence-electron chi connectivity index (χ0n) is 12.6. The van der Waals surface area contributed by atoms with Crippen LogP contribution in [0.15, 0.2) is 54.7 Å². The van der Waals surface area contributed by atoms with Gasteiger partial charge in [0.1, 0.15) is 0 Å². The number of nitrogens with zero attached hydrogens (tertiary/aromatic N) is 3. The van der Waals surface area contributed by atoms with Crippen molar-refractivity contribution in [1.82, 2.24) is 15.0 Å². The van der Waals surface area contributed by atoms with Gasteiger partial charge in [-0.05, 0) is 23.6 Å². The normalized spacial score (nSPS) is 10.4. The van der Waals surface area contributed by atoms with Gasteiger partial charge in [0, 0.05) is 0 Å². The van der Waals surface area contributed by atoms with E-state index in [1.165, 1.54) is 11.1 Å². The first-order chi connectivity index (χ1) is 9.74. The molecule has 0 bridgehead atoms. The van der Waals surface area contributed by atoms with Crippen molar-refractivity contribution in [2.45, 2.75) is 19.8 Å². The molecule has 0 aliphatic heterocycles. The average Bonchev–Trinajstić information content (AvgIpc) is 2.98. The van der Waals surface area contributed by atoms with E-state index < -0.39 is 0 Å². The summed E-state index contributed by atoms with van der Waals surface area (Å²) in [4.78, 5) is 0. The Morgan fingerprint density at radius 3 is 2.14 bits per heavy atom. The van der Waals surface area contributed by atoms with Crippen LogP contribution in [0, 0.1) is 6.07 Å². The van der Waals surface area contributed by atoms with Crippen LogP contribution in [0.1, 0.15) is 25.5 Å². The van der Waals surface area contributed by atoms with Crippen LogP contribution in [-0.2, 0) is 0 Å². The smallest absolute Gasteiger partial charge is 0.220 e. The molecule has 0 spiro atoms. The molecular formula is C17H16KN3. The van der Waals surface area contributed by atoms with E-state index in [1.807, 2.05) is 23.0 Å². The van der Waals surface area contributed by atoms with Gasteiger partial charge in [0.25, 0.3) is 0 Å². The Morgan fingerprint density at radius 1 is 0.952 bits per heavy atom. The van der Waals surface area contributed by atoms with E-state index in [-0.39, 0.29) is 51.4 Å². The van der Waals surface area contributed by atoms with Crippen LogP contribution in [0.5, 0.6) is 0 Å². The second kappa shape index (κ2) is 7.47. The van der Waals surface area contributed by atoms with E-state index in [0.717, 1.165) is 11.4 Å². The SMILES string of the molecule is CC(C)c1cn(-c2ccc(-c3cc[c-]cc3)cc2)nn1.[K+]. The summed E-state index contributed by atoms with van der Waals surface area (Å²) in [5, 5.41) is 8.35. The first-order valence-electron chi connectivity index (χ1n) is 6.73. The molecule has 0 unspecified atom stereocenters. The average molecular weight is 301 g/mol. The molecule has 3 rings (SSSR count). The monoisotopic (exact) mass is 301 g/mol. The quantitative estimate of drug-likeness (QED) is 0.531. The number of hydrogen-bond acceptors (Lipinski definition) is 2. The third-order valence-corrected chi connectivity index (χ3v) is 3.29. The van der Waals surface area contributed by atoms with Gasteiger partial charge in [-0.25, -0.2) is 4.68 Å². The summed E-state index contributed by atoms with van der Waals surface area (Å²) >= 11 is 0. The molecule has 0 aliphatic carbocycles. The van der Waals surface area contributed by atoms with Gasteiger partial charge in [-0.3, -0.25) is 0 Å². The van der Waals surface area contributed by atoms with Gasteiger partial charge in [0.2, 0.25) is 0 Å². The van der Waals surface area contributed by atoms with Crippen molar-refractivity contribution in [3.05, 3.63) is 66.5 Å². The summed E-state index contributed by atoms with van der Waals surface area (Å²) in [6.07, 6.45) is 1.98. The van der Waals surface area contributed by atoms with Crippen molar-refractivity contribution < 1.29 is 51.4 Å². The molecule has 0 saturated heterocycles. The molecule has 3 aromatic rings. The van der Waals surface area contributed by atoms with Crippen molar-refractivity contribution in [3.63, 3.8) is 0 Å². The Morgan fingerprint density at radius 2 is 1.57 bits per heavy atom. The van der Waals surface area contributed by atoms with Gasteiger partial charge in [-0.2, -0.15) is 30.3 Å². The van der Waals surface area contributed by atoms with Gasteiger partial charge in [-0.15, -0.1) is 10.7 Å². The summed E-state index contributed by atoms with van der Waals surface area (Å²) in [7, 11) is 0. The molecule has 1 aromatic heterocycles. The van der Waals surface area contributed by atoms with Crippen LogP contribution in [0.3, 0.4) is 0 Å². The van der Waals surface area contributed by atoms with Crippen LogP contribution in [0.25, 0.3) is 16.8 Å². The maximum absolute atomic E-state index is 4.18. The fraction of sp³-hybridized carbons (Fsp3) is 0.176. The molecule has 0 aliphatic rings. The van der Waals surface area contributed by atoms with Crippen molar-refractivity contribution in [1.29, 1.82) is 0 Å². The molecule has 0 N–H and O–H groups in total. The first kappa shape index (κ1) is 16.6. The van der Waals surface area contributed by atoms with Crippen molar-refractivity contribution in [2.75, 3.05) is 0 Å². The van der Waals surface area contributed by atoms with Crippen molar-refractivity contribution >= 4 is 0 Å². The summed E-state index contributed by atoms with van der Waals surface area (Å²) in [5.41, 5.74) is 4.41. The molecule has 3 nitrogen and oxygen atoms in total. The van der Waals surface area contributed by atoms with Gasteiger partial charge in [-0.1, -0.05) is 31.2 Å². The maximum atomic E-state index is 4.18. The first-order valence-corrected chi connectivity index (χ1v) is 6.73. The van der Waals surface area contributed by atoms with Crippen LogP contribution in [0.2, 0.25) is 0 Å². The number of aromatic nitrogens is 3. The molecule has 0 fully saturated rings. The van der Waals surface area contributed by atoms with Gasteiger partial charge >= 0.3 is 51.4 Å². The molecule has 0 amide bonds. The van der Waals surface area contributed by atoms with Gasteiger partial charge in [0.15, 0.2) is 0 Å². The van der Waals surface area contributed by atoms with E-state index in [1.54, 1.807) is 0 Å². The minimum Gasteiger partial charge on any atom is -0.220 e. The third kappa shape index (κ3) is 3.90. The molecule has 0 radical (unpaired) electrons. The van der Waals surface area contributed by atoms with Gasteiger partial charge < -0.3 is 0 Å². The van der Waals surface area contributed by atoms with Crippen LogP contribution in [-0.4, -0.2) is 15.0 Å². The minimum absolute atomic E-state index is 0. The second-order valence-corrected chi connectivity index (χ2v) is 5.08. The Bertz CT molecular complexity index is 688. The molecule has 21 heavy (non-hydrogen) atoms. The van der Waals surface area contributed by atoms with Crippen LogP contribution in [0.4, 0.5) is 0 Å². The minimum atomic E-state index is 0. The fourth-order valence-electron chi connectivity index (χ4n) is 2.05. The van der Waals surface area contributed by atoms with Crippen LogP contribution >= 0.6 is 0 Å². The van der Waals surface area contributed by atoms with Crippen molar-refractivity contribution in [2.24, 2.45) is 0 Å². The second-order valence-electron chi connectivity index (χ2n) is 5.08. The predicted molar refractivity (Wildman–Crippen MR) is 79.7 cm³/mol. The molecule has 100 valence electrons. The van der Waals surface area contributed by atoms with E-state index in [4.69, 9.17) is 0 Å². The fourth-order valence-corrected chi connectivity index (χ4v) is 2.05. The summed E-state index contributed by atoms with van der Waals surface area (Å²) in [6, 6.07) is 19.3. The number of hydrogen-bond donors (Lipinski definition) is 0. The molecule has 0 saturated carbocycles. The van der Waals surface area contributed by atoms with Crippen molar-refractivity contribution in [3.8, 4) is 16.8 Å². The van der Waals surface area contributed by atoms with E-state index in [2.05, 4.69) is 66.6 Å². The van der Waals surface area contributed by atoms with E-state index in [0.29, 0.717) is 5.92 Å². The number of benzene rings is 2. The molecule has 1 heterocycles. The molecular weight excluding hydrogens is 285 g/mol. The third-order valence-electron chi connectivity index (χ3n) is 3.29. The zero-order chi connectivity index (χ0) is 13.9. The topological polar surface area (TPSA) is 30.7 Å². The molecule has 4 heteroatoms. The summed E-state index contributed by atoms with van der Waals surface area (Å²) in [5.74, 6) is 0.392. The van der Waals surface area contributed by atoms with Crippen LogP contribution < -0.4 is 51.4 Å². The summed E-state index contributed by atoms with van der Waals surface area (Å²) in [6.45, 7) is 4.23. The largest absolute Gasteiger partial charge is 1.00 e. The number of rotatable bonds is 3.